The van der Waals surface area contributed by atoms with Gasteiger partial charge in [-0.05, 0) is 41.7 Å². The third-order valence-corrected chi connectivity index (χ3v) is 4.65. The molecule has 1 atom stereocenters. The van der Waals surface area contributed by atoms with E-state index in [4.69, 9.17) is 5.11 Å². The van der Waals surface area contributed by atoms with E-state index < -0.39 is 5.97 Å². The van der Waals surface area contributed by atoms with Gasteiger partial charge in [0.05, 0.1) is 21.8 Å². The molecule has 0 radical (unpaired) electrons. The quantitative estimate of drug-likeness (QED) is 0.918. The highest BCUT2D eigenvalue weighted by Crippen LogP contribution is 2.25. The second-order valence-corrected chi connectivity index (χ2v) is 5.89. The van der Waals surface area contributed by atoms with Gasteiger partial charge in [0.25, 0.3) is 0 Å². The van der Waals surface area contributed by atoms with Gasteiger partial charge in [-0.25, -0.2) is 0 Å². The van der Waals surface area contributed by atoms with E-state index in [9.17, 15) is 4.79 Å². The van der Waals surface area contributed by atoms with Crippen molar-refractivity contribution in [3.63, 3.8) is 0 Å². The first kappa shape index (κ1) is 14.5. The van der Waals surface area contributed by atoms with Crippen molar-refractivity contribution in [1.29, 1.82) is 0 Å². The van der Waals surface area contributed by atoms with Gasteiger partial charge in [0.1, 0.15) is 0 Å². The van der Waals surface area contributed by atoms with Gasteiger partial charge in [0, 0.05) is 20.1 Å². The van der Waals surface area contributed by atoms with Crippen molar-refractivity contribution in [2.45, 2.75) is 32.7 Å². The Morgan fingerprint density at radius 3 is 2.89 bits per heavy atom. The molecule has 106 valence electrons. The minimum absolute atomic E-state index is 0.230. The normalized spacial score (nSPS) is 20.7. The SMILES string of the molecule is CCc1nn(C)c(CN2CCCC(C(=O)O)C2)c1Br. The van der Waals surface area contributed by atoms with Crippen LogP contribution in [0, 0.1) is 5.92 Å². The molecule has 1 aromatic heterocycles. The zero-order chi connectivity index (χ0) is 14.0. The van der Waals surface area contributed by atoms with Gasteiger partial charge >= 0.3 is 5.97 Å². The number of aromatic nitrogens is 2. The van der Waals surface area contributed by atoms with Gasteiger partial charge in [0.2, 0.25) is 0 Å². The number of likely N-dealkylation sites (tertiary alicyclic amines) is 1. The fourth-order valence-corrected chi connectivity index (χ4v) is 3.35. The summed E-state index contributed by atoms with van der Waals surface area (Å²) < 4.78 is 2.96. The van der Waals surface area contributed by atoms with Crippen LogP contribution in [-0.2, 0) is 24.8 Å². The van der Waals surface area contributed by atoms with Crippen molar-refractivity contribution in [3.8, 4) is 0 Å². The molecule has 1 fully saturated rings. The Morgan fingerprint density at radius 1 is 1.58 bits per heavy atom. The Hall–Kier alpha value is -0.880. The summed E-state index contributed by atoms with van der Waals surface area (Å²) in [6.07, 6.45) is 2.64. The van der Waals surface area contributed by atoms with Crippen molar-refractivity contribution in [2.24, 2.45) is 13.0 Å². The lowest BCUT2D eigenvalue weighted by molar-refractivity contribution is -0.143. The summed E-state index contributed by atoms with van der Waals surface area (Å²) >= 11 is 3.61. The Labute approximate surface area is 121 Å². The largest absolute Gasteiger partial charge is 0.481 e. The van der Waals surface area contributed by atoms with Crippen LogP contribution in [0.4, 0.5) is 0 Å². The fraction of sp³-hybridized carbons (Fsp3) is 0.692. The molecule has 2 rings (SSSR count). The zero-order valence-electron chi connectivity index (χ0n) is 11.4. The molecule has 5 nitrogen and oxygen atoms in total. The number of piperidine rings is 1. The minimum Gasteiger partial charge on any atom is -0.481 e. The fourth-order valence-electron chi connectivity index (χ4n) is 2.60. The highest BCUT2D eigenvalue weighted by molar-refractivity contribution is 9.10. The van der Waals surface area contributed by atoms with Crippen molar-refractivity contribution in [2.75, 3.05) is 13.1 Å². The number of carboxylic acids is 1. The maximum Gasteiger partial charge on any atom is 0.307 e. The molecule has 0 saturated carbocycles. The van der Waals surface area contributed by atoms with Crippen molar-refractivity contribution in [3.05, 3.63) is 15.9 Å². The van der Waals surface area contributed by atoms with Gasteiger partial charge in [0.15, 0.2) is 0 Å². The molecule has 1 saturated heterocycles. The van der Waals surface area contributed by atoms with Crippen LogP contribution in [0.5, 0.6) is 0 Å². The molecule has 1 aliphatic rings. The number of rotatable bonds is 4. The second kappa shape index (κ2) is 6.05. The summed E-state index contributed by atoms with van der Waals surface area (Å²) in [5.74, 6) is -0.908. The number of aliphatic carboxylic acids is 1. The van der Waals surface area contributed by atoms with E-state index >= 15 is 0 Å². The van der Waals surface area contributed by atoms with E-state index in [-0.39, 0.29) is 5.92 Å². The first-order valence-corrected chi connectivity index (χ1v) is 7.47. The van der Waals surface area contributed by atoms with E-state index in [0.29, 0.717) is 6.54 Å². The summed E-state index contributed by atoms with van der Waals surface area (Å²) in [5.41, 5.74) is 2.19. The third kappa shape index (κ3) is 3.17. The molecular formula is C13H20BrN3O2. The summed E-state index contributed by atoms with van der Waals surface area (Å²) in [5, 5.41) is 13.6. The van der Waals surface area contributed by atoms with Gasteiger partial charge in [-0.15, -0.1) is 0 Å². The molecule has 0 spiro atoms. The number of hydrogen-bond acceptors (Lipinski definition) is 3. The number of aryl methyl sites for hydroxylation is 2. The average molecular weight is 330 g/mol. The van der Waals surface area contributed by atoms with Gasteiger partial charge in [-0.3, -0.25) is 14.4 Å². The first-order valence-electron chi connectivity index (χ1n) is 6.68. The van der Waals surface area contributed by atoms with Crippen LogP contribution in [-0.4, -0.2) is 38.8 Å². The predicted molar refractivity (Wildman–Crippen MR) is 75.9 cm³/mol. The monoisotopic (exact) mass is 329 g/mol. The number of carboxylic acid groups (broad SMARTS) is 1. The van der Waals surface area contributed by atoms with Gasteiger partial charge in [-0.2, -0.15) is 5.10 Å². The van der Waals surface area contributed by atoms with Crippen LogP contribution in [0.3, 0.4) is 0 Å². The lowest BCUT2D eigenvalue weighted by Gasteiger charge is -2.30. The second-order valence-electron chi connectivity index (χ2n) is 5.10. The van der Waals surface area contributed by atoms with E-state index in [2.05, 4.69) is 32.9 Å². The Bertz CT molecular complexity index is 473. The number of halogens is 1. The van der Waals surface area contributed by atoms with E-state index in [0.717, 1.165) is 48.2 Å². The average Bonchev–Trinajstić information content (AvgIpc) is 2.66. The standard InChI is InChI=1S/C13H20BrN3O2/c1-3-10-12(14)11(16(2)15-10)8-17-6-4-5-9(7-17)13(18)19/h9H,3-8H2,1-2H3,(H,18,19). The summed E-state index contributed by atoms with van der Waals surface area (Å²) in [7, 11) is 1.94. The van der Waals surface area contributed by atoms with Crippen LogP contribution in [0.2, 0.25) is 0 Å². The molecule has 1 aromatic rings. The smallest absolute Gasteiger partial charge is 0.307 e. The van der Waals surface area contributed by atoms with Crippen LogP contribution < -0.4 is 0 Å². The van der Waals surface area contributed by atoms with E-state index in [1.165, 1.54) is 0 Å². The lowest BCUT2D eigenvalue weighted by atomic mass is 9.98. The van der Waals surface area contributed by atoms with Crippen molar-refractivity contribution < 1.29 is 9.90 Å². The first-order chi connectivity index (χ1) is 9.02. The molecule has 0 bridgehead atoms. The van der Waals surface area contributed by atoms with E-state index in [1.807, 2.05) is 11.7 Å². The molecule has 1 N–H and O–H groups in total. The molecule has 1 aliphatic heterocycles. The van der Waals surface area contributed by atoms with Crippen LogP contribution in [0.15, 0.2) is 4.47 Å². The molecule has 1 unspecified atom stereocenters. The molecule has 6 heteroatoms. The summed E-state index contributed by atoms with van der Waals surface area (Å²) in [4.78, 5) is 13.3. The van der Waals surface area contributed by atoms with Crippen molar-refractivity contribution in [1.82, 2.24) is 14.7 Å². The maximum absolute atomic E-state index is 11.1. The summed E-state index contributed by atoms with van der Waals surface area (Å²) in [6, 6.07) is 0. The molecule has 0 aromatic carbocycles. The van der Waals surface area contributed by atoms with Gasteiger partial charge in [-0.1, -0.05) is 6.92 Å². The number of hydrogen-bond donors (Lipinski definition) is 1. The molecular weight excluding hydrogens is 310 g/mol. The van der Waals surface area contributed by atoms with Crippen molar-refractivity contribution >= 4 is 21.9 Å². The van der Waals surface area contributed by atoms with E-state index in [1.54, 1.807) is 0 Å². The highest BCUT2D eigenvalue weighted by atomic mass is 79.9. The topological polar surface area (TPSA) is 58.4 Å². The van der Waals surface area contributed by atoms with Gasteiger partial charge < -0.3 is 5.11 Å². The Balaban J connectivity index is 2.08. The predicted octanol–water partition coefficient (Wildman–Crippen LogP) is 2.04. The Morgan fingerprint density at radius 2 is 2.32 bits per heavy atom. The van der Waals surface area contributed by atoms with Crippen LogP contribution in [0.1, 0.15) is 31.2 Å². The molecule has 2 heterocycles. The zero-order valence-corrected chi connectivity index (χ0v) is 13.0. The lowest BCUT2D eigenvalue weighted by Crippen LogP contribution is -2.38. The molecule has 0 amide bonds. The molecule has 0 aliphatic carbocycles. The van der Waals surface area contributed by atoms with Crippen LogP contribution in [0.25, 0.3) is 0 Å². The minimum atomic E-state index is -0.678. The summed E-state index contributed by atoms with van der Waals surface area (Å²) in [6.45, 7) is 4.43. The highest BCUT2D eigenvalue weighted by Gasteiger charge is 2.26. The number of carbonyl (C=O) groups is 1. The Kier molecular flexibility index (Phi) is 4.62. The maximum atomic E-state index is 11.1. The third-order valence-electron chi connectivity index (χ3n) is 3.73. The molecule has 19 heavy (non-hydrogen) atoms. The number of nitrogens with zero attached hydrogens (tertiary/aromatic N) is 3. The van der Waals surface area contributed by atoms with Crippen LogP contribution >= 0.6 is 15.9 Å².